The van der Waals surface area contributed by atoms with E-state index in [2.05, 4.69) is 26.2 Å². The quantitative estimate of drug-likeness (QED) is 0.654. The second-order valence-corrected chi connectivity index (χ2v) is 9.90. The van der Waals surface area contributed by atoms with E-state index in [4.69, 9.17) is 4.74 Å². The number of sulfonamides is 1. The van der Waals surface area contributed by atoms with Crippen molar-refractivity contribution in [1.29, 1.82) is 0 Å². The van der Waals surface area contributed by atoms with E-state index in [9.17, 15) is 13.2 Å². The average molecular weight is 482 g/mol. The average Bonchev–Trinajstić information content (AvgIpc) is 3.22. The van der Waals surface area contributed by atoms with Crippen molar-refractivity contribution in [2.45, 2.75) is 44.2 Å². The molecule has 156 valence electrons. The Kier molecular flexibility index (Phi) is 6.92. The topological polar surface area (TPSA) is 88.6 Å². The van der Waals surface area contributed by atoms with Gasteiger partial charge < -0.3 is 10.1 Å². The van der Waals surface area contributed by atoms with Gasteiger partial charge in [0.1, 0.15) is 0 Å². The minimum Gasteiger partial charge on any atom is -0.475 e. The zero-order valence-corrected chi connectivity index (χ0v) is 18.8. The largest absolute Gasteiger partial charge is 0.475 e. The first-order chi connectivity index (χ1) is 13.8. The molecule has 0 aliphatic carbocycles. The Bertz CT molecular complexity index is 972. The molecule has 9 heteroatoms. The Morgan fingerprint density at radius 3 is 2.59 bits per heavy atom. The van der Waals surface area contributed by atoms with Crippen molar-refractivity contribution >= 4 is 31.9 Å². The highest BCUT2D eigenvalue weighted by atomic mass is 79.9. The predicted octanol–water partition coefficient (Wildman–Crippen LogP) is 3.35. The molecule has 7 nitrogen and oxygen atoms in total. The molecule has 1 fully saturated rings. The van der Waals surface area contributed by atoms with E-state index in [0.29, 0.717) is 23.4 Å². The SMILES string of the molecule is CC(C)Oc1ccc(CNC(=O)c2cc(S(=O)(=O)N3CCCC3)ccc2Br)cn1. The summed E-state index contributed by atoms with van der Waals surface area (Å²) < 4.78 is 33.0. The van der Waals surface area contributed by atoms with Crippen LogP contribution in [0.4, 0.5) is 0 Å². The van der Waals surface area contributed by atoms with E-state index in [1.807, 2.05) is 19.9 Å². The number of carbonyl (C=O) groups is 1. The van der Waals surface area contributed by atoms with E-state index in [-0.39, 0.29) is 29.0 Å². The van der Waals surface area contributed by atoms with Crippen molar-refractivity contribution in [1.82, 2.24) is 14.6 Å². The molecule has 0 atom stereocenters. The summed E-state index contributed by atoms with van der Waals surface area (Å²) in [4.78, 5) is 17.0. The maximum atomic E-state index is 12.8. The lowest BCUT2D eigenvalue weighted by Crippen LogP contribution is -2.28. The number of hydrogen-bond acceptors (Lipinski definition) is 5. The molecule has 1 aromatic heterocycles. The molecule has 2 aromatic rings. The Balaban J connectivity index is 1.70. The molecule has 3 rings (SSSR count). The lowest BCUT2D eigenvalue weighted by molar-refractivity contribution is 0.0950. The Hall–Kier alpha value is -1.97. The van der Waals surface area contributed by atoms with Crippen LogP contribution in [0.1, 0.15) is 42.6 Å². The van der Waals surface area contributed by atoms with Crippen molar-refractivity contribution in [2.75, 3.05) is 13.1 Å². The van der Waals surface area contributed by atoms with Gasteiger partial charge in [-0.05, 0) is 66.4 Å². The molecule has 1 aromatic carbocycles. The van der Waals surface area contributed by atoms with Crippen molar-refractivity contribution < 1.29 is 17.9 Å². The summed E-state index contributed by atoms with van der Waals surface area (Å²) in [5, 5.41) is 2.81. The molecule has 0 spiro atoms. The van der Waals surface area contributed by atoms with Crippen molar-refractivity contribution in [3.05, 3.63) is 52.1 Å². The molecule has 0 saturated carbocycles. The Morgan fingerprint density at radius 2 is 1.97 bits per heavy atom. The summed E-state index contributed by atoms with van der Waals surface area (Å²) in [6, 6.07) is 8.11. The molecule has 0 bridgehead atoms. The minimum atomic E-state index is -3.58. The number of nitrogens with one attached hydrogen (secondary N) is 1. The number of ether oxygens (including phenoxy) is 1. The van der Waals surface area contributed by atoms with Gasteiger partial charge in [0.25, 0.3) is 5.91 Å². The summed E-state index contributed by atoms with van der Waals surface area (Å²) >= 11 is 3.34. The number of pyridine rings is 1. The third kappa shape index (κ3) is 5.34. The second kappa shape index (κ2) is 9.23. The van der Waals surface area contributed by atoms with E-state index >= 15 is 0 Å². The molecule has 1 aliphatic heterocycles. The molecule has 2 heterocycles. The first-order valence-electron chi connectivity index (χ1n) is 9.47. The van der Waals surface area contributed by atoms with Crippen LogP contribution >= 0.6 is 15.9 Å². The monoisotopic (exact) mass is 481 g/mol. The first kappa shape index (κ1) is 21.7. The van der Waals surface area contributed by atoms with Crippen LogP contribution in [0.15, 0.2) is 45.9 Å². The molecular weight excluding hydrogens is 458 g/mol. The van der Waals surface area contributed by atoms with Gasteiger partial charge in [-0.1, -0.05) is 6.07 Å². The van der Waals surface area contributed by atoms with Crippen LogP contribution in [0.2, 0.25) is 0 Å². The molecule has 0 radical (unpaired) electrons. The third-order valence-corrected chi connectivity index (χ3v) is 7.08. The lowest BCUT2D eigenvalue weighted by atomic mass is 10.2. The third-order valence-electron chi connectivity index (χ3n) is 4.49. The van der Waals surface area contributed by atoms with Gasteiger partial charge in [-0.3, -0.25) is 4.79 Å². The number of hydrogen-bond donors (Lipinski definition) is 1. The fourth-order valence-corrected chi connectivity index (χ4v) is 4.99. The highest BCUT2D eigenvalue weighted by Gasteiger charge is 2.28. The number of aromatic nitrogens is 1. The van der Waals surface area contributed by atoms with Crippen LogP contribution in [0.25, 0.3) is 0 Å². The van der Waals surface area contributed by atoms with Gasteiger partial charge in [0.15, 0.2) is 0 Å². The second-order valence-electron chi connectivity index (χ2n) is 7.11. The lowest BCUT2D eigenvalue weighted by Gasteiger charge is -2.16. The number of halogens is 1. The summed E-state index contributed by atoms with van der Waals surface area (Å²) in [7, 11) is -3.58. The van der Waals surface area contributed by atoms with Gasteiger partial charge in [0.2, 0.25) is 15.9 Å². The van der Waals surface area contributed by atoms with E-state index in [1.54, 1.807) is 18.3 Å². The fourth-order valence-electron chi connectivity index (χ4n) is 3.02. The highest BCUT2D eigenvalue weighted by molar-refractivity contribution is 9.10. The van der Waals surface area contributed by atoms with Gasteiger partial charge in [0.05, 0.1) is 16.6 Å². The molecule has 1 aliphatic rings. The van der Waals surface area contributed by atoms with Gasteiger partial charge >= 0.3 is 0 Å². The Labute approximate surface area is 179 Å². The summed E-state index contributed by atoms with van der Waals surface area (Å²) in [6.07, 6.45) is 3.40. The molecule has 0 unspecified atom stereocenters. The summed E-state index contributed by atoms with van der Waals surface area (Å²) in [5.74, 6) is 0.162. The number of amides is 1. The molecule has 29 heavy (non-hydrogen) atoms. The summed E-state index contributed by atoms with van der Waals surface area (Å²) in [6.45, 7) is 5.15. The van der Waals surface area contributed by atoms with Crippen LogP contribution in [0.5, 0.6) is 5.88 Å². The normalized spacial score (nSPS) is 14.9. The first-order valence-corrected chi connectivity index (χ1v) is 11.7. The van der Waals surface area contributed by atoms with Crippen molar-refractivity contribution in [3.63, 3.8) is 0 Å². The molecule has 1 N–H and O–H groups in total. The number of nitrogens with zero attached hydrogens (tertiary/aromatic N) is 2. The van der Waals surface area contributed by atoms with Crippen molar-refractivity contribution in [3.8, 4) is 5.88 Å². The zero-order valence-electron chi connectivity index (χ0n) is 16.4. The number of benzene rings is 1. The maximum Gasteiger partial charge on any atom is 0.252 e. The maximum absolute atomic E-state index is 12.8. The fraction of sp³-hybridized carbons (Fsp3) is 0.400. The molecule has 1 saturated heterocycles. The van der Waals surface area contributed by atoms with Crippen LogP contribution < -0.4 is 10.1 Å². The number of carbonyl (C=O) groups excluding carboxylic acids is 1. The summed E-state index contributed by atoms with van der Waals surface area (Å²) in [5.41, 5.74) is 1.09. The standard InChI is InChI=1S/C20H24BrN3O4S/c1-14(2)28-19-8-5-15(12-22-19)13-23-20(25)17-11-16(6-7-18(17)21)29(26,27)24-9-3-4-10-24/h5-8,11-12,14H,3-4,9-10,13H2,1-2H3,(H,23,25). The van der Waals surface area contributed by atoms with Gasteiger partial charge in [0, 0.05) is 36.4 Å². The van der Waals surface area contributed by atoms with Crippen LogP contribution in [-0.2, 0) is 16.6 Å². The smallest absolute Gasteiger partial charge is 0.252 e. The van der Waals surface area contributed by atoms with Crippen LogP contribution in [0.3, 0.4) is 0 Å². The van der Waals surface area contributed by atoms with Crippen LogP contribution in [0, 0.1) is 0 Å². The van der Waals surface area contributed by atoms with E-state index in [0.717, 1.165) is 18.4 Å². The zero-order chi connectivity index (χ0) is 21.0. The van der Waals surface area contributed by atoms with Crippen LogP contribution in [-0.4, -0.2) is 42.8 Å². The van der Waals surface area contributed by atoms with E-state index < -0.39 is 10.0 Å². The number of rotatable bonds is 7. The highest BCUT2D eigenvalue weighted by Crippen LogP contribution is 2.25. The predicted molar refractivity (Wildman–Crippen MR) is 113 cm³/mol. The van der Waals surface area contributed by atoms with Gasteiger partial charge in [-0.25, -0.2) is 13.4 Å². The van der Waals surface area contributed by atoms with Crippen molar-refractivity contribution in [2.24, 2.45) is 0 Å². The Morgan fingerprint density at radius 1 is 1.24 bits per heavy atom. The van der Waals surface area contributed by atoms with Gasteiger partial charge in [-0.2, -0.15) is 4.31 Å². The minimum absolute atomic E-state index is 0.0366. The molecule has 1 amide bonds. The van der Waals surface area contributed by atoms with Gasteiger partial charge in [-0.15, -0.1) is 0 Å². The van der Waals surface area contributed by atoms with E-state index in [1.165, 1.54) is 16.4 Å². The molecular formula is C20H24BrN3O4S.